The summed E-state index contributed by atoms with van der Waals surface area (Å²) < 4.78 is 1.78. The first kappa shape index (κ1) is 15.2. The average Bonchev–Trinajstić information content (AvgIpc) is 2.60. The molecule has 0 saturated carbocycles. The molecule has 0 bridgehead atoms. The van der Waals surface area contributed by atoms with Crippen molar-refractivity contribution in [1.82, 2.24) is 20.3 Å². The molecule has 18 heavy (non-hydrogen) atoms. The third-order valence-corrected chi connectivity index (χ3v) is 3.16. The fraction of sp³-hybridized carbons (Fsp3) is 0.857. The maximum Gasteiger partial charge on any atom is 0.0832 e. The molecule has 0 fully saturated rings. The molecule has 0 aliphatic heterocycles. The first-order valence-electron chi connectivity index (χ1n) is 6.84. The van der Waals surface area contributed by atoms with Crippen LogP contribution in [0.2, 0.25) is 0 Å². The maximum atomic E-state index is 4.21. The Labute approximate surface area is 111 Å². The van der Waals surface area contributed by atoms with Gasteiger partial charge in [0.15, 0.2) is 0 Å². The van der Waals surface area contributed by atoms with Crippen molar-refractivity contribution in [2.24, 2.45) is 12.5 Å². The van der Waals surface area contributed by atoms with Gasteiger partial charge in [-0.25, -0.2) is 0 Å². The Kier molecular flexibility index (Phi) is 4.91. The monoisotopic (exact) mass is 252 g/mol. The zero-order valence-electron chi connectivity index (χ0n) is 12.7. The molecule has 1 aromatic rings. The SMILES string of the molecule is CCCC(C)(CNC(C)(C)C)Cc1cn(C)nn1. The van der Waals surface area contributed by atoms with Crippen molar-refractivity contribution >= 4 is 0 Å². The molecule has 1 heterocycles. The summed E-state index contributed by atoms with van der Waals surface area (Å²) in [5.41, 5.74) is 1.50. The van der Waals surface area contributed by atoms with Gasteiger partial charge < -0.3 is 5.32 Å². The van der Waals surface area contributed by atoms with Gasteiger partial charge in [-0.1, -0.05) is 25.5 Å². The predicted octanol–water partition coefficient (Wildman–Crippen LogP) is 2.55. The minimum Gasteiger partial charge on any atom is -0.312 e. The van der Waals surface area contributed by atoms with Gasteiger partial charge in [0, 0.05) is 25.3 Å². The van der Waals surface area contributed by atoms with Crippen LogP contribution in [0.25, 0.3) is 0 Å². The molecule has 1 N–H and O–H groups in total. The van der Waals surface area contributed by atoms with Crippen molar-refractivity contribution in [3.05, 3.63) is 11.9 Å². The Hall–Kier alpha value is -0.900. The van der Waals surface area contributed by atoms with Crippen molar-refractivity contribution < 1.29 is 0 Å². The minimum absolute atomic E-state index is 0.164. The number of rotatable bonds is 6. The van der Waals surface area contributed by atoms with Gasteiger partial charge in [-0.2, -0.15) is 0 Å². The molecule has 4 nitrogen and oxygen atoms in total. The Morgan fingerprint density at radius 3 is 2.39 bits per heavy atom. The van der Waals surface area contributed by atoms with E-state index in [0.717, 1.165) is 18.7 Å². The van der Waals surface area contributed by atoms with Crippen LogP contribution in [0.15, 0.2) is 6.20 Å². The van der Waals surface area contributed by atoms with Gasteiger partial charge in [0.25, 0.3) is 0 Å². The lowest BCUT2D eigenvalue weighted by Gasteiger charge is -2.33. The summed E-state index contributed by atoms with van der Waals surface area (Å²) in [6, 6.07) is 0. The summed E-state index contributed by atoms with van der Waals surface area (Å²) in [6.07, 6.45) is 5.40. The van der Waals surface area contributed by atoms with Crippen LogP contribution in [-0.2, 0) is 13.5 Å². The van der Waals surface area contributed by atoms with Gasteiger partial charge >= 0.3 is 0 Å². The average molecular weight is 252 g/mol. The highest BCUT2D eigenvalue weighted by Gasteiger charge is 2.26. The van der Waals surface area contributed by atoms with E-state index < -0.39 is 0 Å². The Morgan fingerprint density at radius 1 is 1.28 bits per heavy atom. The number of hydrogen-bond donors (Lipinski definition) is 1. The van der Waals surface area contributed by atoms with Crippen LogP contribution in [0.1, 0.15) is 53.2 Å². The van der Waals surface area contributed by atoms with E-state index in [1.807, 2.05) is 13.2 Å². The van der Waals surface area contributed by atoms with Gasteiger partial charge in [0.1, 0.15) is 0 Å². The molecule has 0 spiro atoms. The second kappa shape index (κ2) is 5.83. The molecular formula is C14H28N4. The molecule has 0 aliphatic carbocycles. The zero-order chi connectivity index (χ0) is 13.8. The van der Waals surface area contributed by atoms with Crippen molar-refractivity contribution in [3.8, 4) is 0 Å². The van der Waals surface area contributed by atoms with Crippen LogP contribution < -0.4 is 5.32 Å². The largest absolute Gasteiger partial charge is 0.312 e. The highest BCUT2D eigenvalue weighted by atomic mass is 15.4. The third kappa shape index (κ3) is 5.17. The van der Waals surface area contributed by atoms with Gasteiger partial charge in [0.05, 0.1) is 5.69 Å². The third-order valence-electron chi connectivity index (χ3n) is 3.16. The minimum atomic E-state index is 0.164. The summed E-state index contributed by atoms with van der Waals surface area (Å²) >= 11 is 0. The number of aryl methyl sites for hydroxylation is 1. The van der Waals surface area contributed by atoms with Gasteiger partial charge in [-0.05, 0) is 39.0 Å². The highest BCUT2D eigenvalue weighted by Crippen LogP contribution is 2.27. The van der Waals surface area contributed by atoms with Crippen molar-refractivity contribution in [2.75, 3.05) is 6.54 Å². The van der Waals surface area contributed by atoms with Crippen LogP contribution >= 0.6 is 0 Å². The van der Waals surface area contributed by atoms with E-state index >= 15 is 0 Å². The quantitative estimate of drug-likeness (QED) is 0.846. The normalized spacial score (nSPS) is 15.7. The summed E-state index contributed by atoms with van der Waals surface area (Å²) in [7, 11) is 1.92. The van der Waals surface area contributed by atoms with E-state index in [2.05, 4.69) is 50.2 Å². The lowest BCUT2D eigenvalue weighted by atomic mass is 9.80. The molecule has 0 saturated heterocycles. The van der Waals surface area contributed by atoms with E-state index in [9.17, 15) is 0 Å². The first-order valence-corrected chi connectivity index (χ1v) is 6.84. The van der Waals surface area contributed by atoms with Crippen LogP contribution in [0, 0.1) is 5.41 Å². The molecule has 104 valence electrons. The fourth-order valence-electron chi connectivity index (χ4n) is 2.23. The van der Waals surface area contributed by atoms with Crippen LogP contribution in [0.4, 0.5) is 0 Å². The Balaban J connectivity index is 2.67. The van der Waals surface area contributed by atoms with E-state index in [-0.39, 0.29) is 11.0 Å². The van der Waals surface area contributed by atoms with Crippen molar-refractivity contribution in [1.29, 1.82) is 0 Å². The topological polar surface area (TPSA) is 42.7 Å². The van der Waals surface area contributed by atoms with Crippen LogP contribution in [-0.4, -0.2) is 27.1 Å². The molecule has 1 atom stereocenters. The van der Waals surface area contributed by atoms with Gasteiger partial charge in [-0.3, -0.25) is 4.68 Å². The molecule has 0 aromatic carbocycles. The molecule has 4 heteroatoms. The predicted molar refractivity (Wildman–Crippen MR) is 75.5 cm³/mol. The van der Waals surface area contributed by atoms with Crippen molar-refractivity contribution in [2.45, 2.75) is 59.4 Å². The Bertz CT molecular complexity index is 364. The lowest BCUT2D eigenvalue weighted by Crippen LogP contribution is -2.43. The van der Waals surface area contributed by atoms with Crippen LogP contribution in [0.3, 0.4) is 0 Å². The van der Waals surface area contributed by atoms with E-state index in [4.69, 9.17) is 0 Å². The molecule has 1 aromatic heterocycles. The summed E-state index contributed by atoms with van der Waals surface area (Å²) in [5, 5.41) is 11.8. The van der Waals surface area contributed by atoms with Crippen molar-refractivity contribution in [3.63, 3.8) is 0 Å². The number of nitrogens with zero attached hydrogens (tertiary/aromatic N) is 3. The molecule has 0 amide bonds. The highest BCUT2D eigenvalue weighted by molar-refractivity contribution is 4.98. The summed E-state index contributed by atoms with van der Waals surface area (Å²) in [5.74, 6) is 0. The standard InChI is InChI=1S/C14H28N4/c1-7-8-14(5,11-15-13(2,3)4)9-12-10-18(6)17-16-12/h10,15H,7-9,11H2,1-6H3. The molecule has 1 rings (SSSR count). The lowest BCUT2D eigenvalue weighted by molar-refractivity contribution is 0.242. The second-order valence-electron chi connectivity index (χ2n) is 6.72. The summed E-state index contributed by atoms with van der Waals surface area (Å²) in [6.45, 7) is 12.2. The zero-order valence-corrected chi connectivity index (χ0v) is 12.7. The smallest absolute Gasteiger partial charge is 0.0832 e. The number of nitrogens with one attached hydrogen (secondary N) is 1. The van der Waals surface area contributed by atoms with Crippen LogP contribution in [0.5, 0.6) is 0 Å². The summed E-state index contributed by atoms with van der Waals surface area (Å²) in [4.78, 5) is 0. The number of hydrogen-bond acceptors (Lipinski definition) is 3. The molecule has 0 radical (unpaired) electrons. The molecule has 0 aliphatic rings. The number of aromatic nitrogens is 3. The van der Waals surface area contributed by atoms with Gasteiger partial charge in [0.2, 0.25) is 0 Å². The van der Waals surface area contributed by atoms with E-state index in [1.54, 1.807) is 4.68 Å². The first-order chi connectivity index (χ1) is 8.24. The second-order valence-corrected chi connectivity index (χ2v) is 6.72. The van der Waals surface area contributed by atoms with E-state index in [0.29, 0.717) is 0 Å². The van der Waals surface area contributed by atoms with Gasteiger partial charge in [-0.15, -0.1) is 5.10 Å². The fourth-order valence-corrected chi connectivity index (χ4v) is 2.23. The molecular weight excluding hydrogens is 224 g/mol. The molecule has 1 unspecified atom stereocenters. The maximum absolute atomic E-state index is 4.21. The Morgan fingerprint density at radius 2 is 1.94 bits per heavy atom. The van der Waals surface area contributed by atoms with E-state index in [1.165, 1.54) is 12.8 Å².